The Morgan fingerprint density at radius 3 is 1.24 bits per heavy atom. The van der Waals surface area contributed by atoms with Gasteiger partial charge in [0.2, 0.25) is 0 Å². The molecule has 0 unspecified atom stereocenters. The zero-order valence-electron chi connectivity index (χ0n) is 19.5. The number of alkyl carbamates (subject to hydrolysis) is 2. The van der Waals surface area contributed by atoms with Crippen LogP contribution in [0.2, 0.25) is 0 Å². The third-order valence-electron chi connectivity index (χ3n) is 4.96. The van der Waals surface area contributed by atoms with Crippen LogP contribution in [-0.2, 0) is 22.7 Å². The summed E-state index contributed by atoms with van der Waals surface area (Å²) in [6, 6.07) is 18.2. The zero-order valence-corrected chi connectivity index (χ0v) is 19.5. The second-order valence-electron chi connectivity index (χ2n) is 7.59. The molecule has 0 bridgehead atoms. The van der Waals surface area contributed by atoms with Gasteiger partial charge in [0.1, 0.15) is 13.2 Å². The Balaban J connectivity index is 1.79. The molecule has 0 atom stereocenters. The molecule has 0 saturated carbocycles. The standard InChI is InChI=1S/C26H20N2O10/c29-21(27-25(35)37-13-15-7-3-1-4-8-15)17-11-18(20(24(33)34)12-19(17)23(31)32)22(30)28-26(36)38-14-16-9-5-2-6-10-16/h1-12H,13-14H2,(H,31,32)(H,33,34)(H,27,29,35)(H,28,30,36). The van der Waals surface area contributed by atoms with Crippen molar-refractivity contribution in [2.24, 2.45) is 0 Å². The monoisotopic (exact) mass is 520 g/mol. The molecular formula is C26H20N2O10. The second kappa shape index (κ2) is 12.4. The Kier molecular flexibility index (Phi) is 8.87. The van der Waals surface area contributed by atoms with Crippen LogP contribution in [0.25, 0.3) is 0 Å². The van der Waals surface area contributed by atoms with E-state index in [1.165, 1.54) is 0 Å². The van der Waals surface area contributed by atoms with Crippen molar-refractivity contribution in [2.75, 3.05) is 0 Å². The van der Waals surface area contributed by atoms with Gasteiger partial charge in [-0.3, -0.25) is 20.2 Å². The molecule has 0 aliphatic heterocycles. The first-order chi connectivity index (χ1) is 18.2. The maximum atomic E-state index is 12.7. The number of carboxylic acid groups (broad SMARTS) is 2. The van der Waals surface area contributed by atoms with E-state index in [1.807, 2.05) is 10.6 Å². The molecule has 0 saturated heterocycles. The van der Waals surface area contributed by atoms with Crippen LogP contribution in [0.3, 0.4) is 0 Å². The Bertz CT molecular complexity index is 1290. The van der Waals surface area contributed by atoms with Crippen LogP contribution in [0.4, 0.5) is 9.59 Å². The molecule has 0 fully saturated rings. The Morgan fingerprint density at radius 1 is 0.553 bits per heavy atom. The summed E-state index contributed by atoms with van der Waals surface area (Å²) in [6.07, 6.45) is -2.43. The number of aromatic carboxylic acids is 2. The van der Waals surface area contributed by atoms with E-state index in [4.69, 9.17) is 9.47 Å². The predicted octanol–water partition coefficient (Wildman–Crippen LogP) is 3.22. The van der Waals surface area contributed by atoms with E-state index >= 15 is 0 Å². The number of benzene rings is 3. The fraction of sp³-hybridized carbons (Fsp3) is 0.0769. The van der Waals surface area contributed by atoms with E-state index < -0.39 is 58.2 Å². The quantitative estimate of drug-likeness (QED) is 0.344. The summed E-state index contributed by atoms with van der Waals surface area (Å²) in [5.74, 6) is -5.97. The van der Waals surface area contributed by atoms with Crippen molar-refractivity contribution in [1.82, 2.24) is 10.6 Å². The number of hydrogen-bond acceptors (Lipinski definition) is 8. The summed E-state index contributed by atoms with van der Waals surface area (Å²) < 4.78 is 9.85. The molecule has 0 spiro atoms. The third-order valence-corrected chi connectivity index (χ3v) is 4.96. The lowest BCUT2D eigenvalue weighted by Gasteiger charge is -2.13. The Morgan fingerprint density at radius 2 is 0.895 bits per heavy atom. The fourth-order valence-electron chi connectivity index (χ4n) is 3.17. The molecule has 12 heteroatoms. The molecule has 12 nitrogen and oxygen atoms in total. The lowest BCUT2D eigenvalue weighted by molar-refractivity contribution is 0.0684. The molecule has 38 heavy (non-hydrogen) atoms. The van der Waals surface area contributed by atoms with Gasteiger partial charge in [0.25, 0.3) is 11.8 Å². The first-order valence-electron chi connectivity index (χ1n) is 10.8. The number of nitrogens with one attached hydrogen (secondary N) is 2. The van der Waals surface area contributed by atoms with Crippen LogP contribution in [-0.4, -0.2) is 46.2 Å². The molecule has 0 aromatic heterocycles. The molecule has 194 valence electrons. The van der Waals surface area contributed by atoms with E-state index in [9.17, 15) is 39.0 Å². The average Bonchev–Trinajstić information content (AvgIpc) is 2.91. The second-order valence-corrected chi connectivity index (χ2v) is 7.59. The van der Waals surface area contributed by atoms with Crippen LogP contribution >= 0.6 is 0 Å². The highest BCUT2D eigenvalue weighted by Crippen LogP contribution is 2.19. The molecule has 0 heterocycles. The minimum absolute atomic E-state index is 0.192. The number of carboxylic acids is 2. The molecule has 4 amide bonds. The molecule has 3 aromatic rings. The fourth-order valence-corrected chi connectivity index (χ4v) is 3.17. The van der Waals surface area contributed by atoms with Gasteiger partial charge in [-0.15, -0.1) is 0 Å². The molecular weight excluding hydrogens is 500 g/mol. The van der Waals surface area contributed by atoms with Gasteiger partial charge in [0.15, 0.2) is 0 Å². The number of imide groups is 2. The summed E-state index contributed by atoms with van der Waals surface area (Å²) >= 11 is 0. The van der Waals surface area contributed by atoms with Crippen molar-refractivity contribution in [1.29, 1.82) is 0 Å². The number of rotatable bonds is 8. The lowest BCUT2D eigenvalue weighted by Crippen LogP contribution is -2.34. The summed E-state index contributed by atoms with van der Waals surface area (Å²) in [5, 5.41) is 22.6. The van der Waals surface area contributed by atoms with E-state index in [1.54, 1.807) is 60.7 Å². The van der Waals surface area contributed by atoms with Gasteiger partial charge in [-0.1, -0.05) is 60.7 Å². The van der Waals surface area contributed by atoms with Crippen molar-refractivity contribution in [2.45, 2.75) is 13.2 Å². The highest BCUT2D eigenvalue weighted by molar-refractivity contribution is 6.15. The van der Waals surface area contributed by atoms with E-state index in [2.05, 4.69) is 0 Å². The first-order valence-corrected chi connectivity index (χ1v) is 10.8. The topological polar surface area (TPSA) is 185 Å². The SMILES string of the molecule is O=C(NC(=O)c1cc(C(=O)NC(=O)OCc2ccccc2)c(C(=O)O)cc1C(=O)O)OCc1ccccc1. The van der Waals surface area contributed by atoms with Crippen LogP contribution < -0.4 is 10.6 Å². The number of ether oxygens (including phenoxy) is 2. The zero-order chi connectivity index (χ0) is 27.7. The van der Waals surface area contributed by atoms with Crippen LogP contribution in [0.5, 0.6) is 0 Å². The highest BCUT2D eigenvalue weighted by Gasteiger charge is 2.27. The van der Waals surface area contributed by atoms with Gasteiger partial charge in [-0.2, -0.15) is 0 Å². The first kappa shape index (κ1) is 27.1. The summed E-state index contributed by atoms with van der Waals surface area (Å²) in [6.45, 7) is -0.384. The van der Waals surface area contributed by atoms with Crippen molar-refractivity contribution in [3.05, 3.63) is 106 Å². The molecule has 4 N–H and O–H groups in total. The van der Waals surface area contributed by atoms with Gasteiger partial charge in [0, 0.05) is 0 Å². The van der Waals surface area contributed by atoms with Crippen LogP contribution in [0.15, 0.2) is 72.8 Å². The van der Waals surface area contributed by atoms with E-state index in [0.717, 1.165) is 0 Å². The number of carbonyl (C=O) groups excluding carboxylic acids is 4. The minimum atomic E-state index is -1.70. The van der Waals surface area contributed by atoms with Crippen molar-refractivity contribution < 1.29 is 48.5 Å². The van der Waals surface area contributed by atoms with Gasteiger partial charge in [-0.05, 0) is 23.3 Å². The minimum Gasteiger partial charge on any atom is -0.478 e. The van der Waals surface area contributed by atoms with Crippen molar-refractivity contribution >= 4 is 35.9 Å². The summed E-state index contributed by atoms with van der Waals surface area (Å²) in [5.41, 5.74) is -1.82. The third kappa shape index (κ3) is 7.24. The number of carbonyl (C=O) groups is 6. The lowest BCUT2D eigenvalue weighted by atomic mass is 9.97. The van der Waals surface area contributed by atoms with Gasteiger partial charge in [0.05, 0.1) is 22.3 Å². The van der Waals surface area contributed by atoms with E-state index in [0.29, 0.717) is 23.3 Å². The number of amides is 4. The summed E-state index contributed by atoms with van der Waals surface area (Å²) in [7, 11) is 0. The van der Waals surface area contributed by atoms with E-state index in [-0.39, 0.29) is 13.2 Å². The van der Waals surface area contributed by atoms with Crippen molar-refractivity contribution in [3.63, 3.8) is 0 Å². The van der Waals surface area contributed by atoms with Crippen LogP contribution in [0, 0.1) is 0 Å². The average molecular weight is 520 g/mol. The predicted molar refractivity (Wildman–Crippen MR) is 129 cm³/mol. The molecule has 3 rings (SSSR count). The van der Waals surface area contributed by atoms with Crippen LogP contribution in [0.1, 0.15) is 52.6 Å². The maximum Gasteiger partial charge on any atom is 0.414 e. The normalized spacial score (nSPS) is 10.1. The molecule has 0 radical (unpaired) electrons. The maximum absolute atomic E-state index is 12.7. The van der Waals surface area contributed by atoms with Gasteiger partial charge >= 0.3 is 24.1 Å². The Labute approximate surface area is 214 Å². The highest BCUT2D eigenvalue weighted by atomic mass is 16.6. The van der Waals surface area contributed by atoms with Gasteiger partial charge in [-0.25, -0.2) is 19.2 Å². The van der Waals surface area contributed by atoms with Crippen molar-refractivity contribution in [3.8, 4) is 0 Å². The van der Waals surface area contributed by atoms with Gasteiger partial charge < -0.3 is 19.7 Å². The molecule has 0 aliphatic carbocycles. The smallest absolute Gasteiger partial charge is 0.414 e. The Hall–Kier alpha value is -5.52. The summed E-state index contributed by atoms with van der Waals surface area (Å²) in [4.78, 5) is 72.9. The largest absolute Gasteiger partial charge is 0.478 e. The molecule has 0 aliphatic rings. The molecule has 3 aromatic carbocycles. The number of hydrogen-bond donors (Lipinski definition) is 4.